The lowest BCUT2D eigenvalue weighted by Crippen LogP contribution is -2.33. The smallest absolute Gasteiger partial charge is 0.271 e. The molecule has 1 saturated heterocycles. The molecule has 3 rings (SSSR count). The number of likely N-dealkylation sites (tertiary alicyclic amines) is 1. The summed E-state index contributed by atoms with van der Waals surface area (Å²) in [5.74, 6) is -0.668. The van der Waals surface area contributed by atoms with Gasteiger partial charge in [-0.05, 0) is 44.0 Å². The summed E-state index contributed by atoms with van der Waals surface area (Å²) in [5, 5.41) is 30.9. The molecule has 2 amide bonds. The summed E-state index contributed by atoms with van der Waals surface area (Å²) in [6.07, 6.45) is 1.69. The van der Waals surface area contributed by atoms with E-state index in [1.54, 1.807) is 4.90 Å². The number of aromatic nitrogens is 1. The molecule has 0 unspecified atom stereocenters. The zero-order chi connectivity index (χ0) is 27.9. The third-order valence-electron chi connectivity index (χ3n) is 5.95. The van der Waals surface area contributed by atoms with Gasteiger partial charge < -0.3 is 15.3 Å². The third kappa shape index (κ3) is 6.81. The minimum absolute atomic E-state index is 0.0184. The fourth-order valence-corrected chi connectivity index (χ4v) is 4.96. The van der Waals surface area contributed by atoms with Gasteiger partial charge >= 0.3 is 0 Å². The first-order valence-electron chi connectivity index (χ1n) is 11.9. The highest BCUT2D eigenvalue weighted by Crippen LogP contribution is 2.32. The topological polar surface area (TPSA) is 186 Å². The van der Waals surface area contributed by atoms with Crippen molar-refractivity contribution in [1.82, 2.24) is 19.5 Å². The molecular formula is C24H29N7O6S. The lowest BCUT2D eigenvalue weighted by molar-refractivity contribution is -0.127. The van der Waals surface area contributed by atoms with Crippen LogP contribution in [0.2, 0.25) is 0 Å². The molecule has 14 heteroatoms. The van der Waals surface area contributed by atoms with Crippen LogP contribution in [0.4, 0.5) is 11.4 Å². The summed E-state index contributed by atoms with van der Waals surface area (Å²) in [7, 11) is -3.81. The van der Waals surface area contributed by atoms with Crippen molar-refractivity contribution in [3.05, 3.63) is 45.7 Å². The highest BCUT2D eigenvalue weighted by atomic mass is 32.2. The molecule has 1 aliphatic heterocycles. The maximum Gasteiger partial charge on any atom is 0.271 e. The highest BCUT2D eigenvalue weighted by Gasteiger charge is 2.22. The fraction of sp³-hybridized carbons (Fsp3) is 0.417. The predicted octanol–water partition coefficient (Wildman–Crippen LogP) is 1.58. The molecule has 38 heavy (non-hydrogen) atoms. The summed E-state index contributed by atoms with van der Waals surface area (Å²) in [4.78, 5) is 37.1. The Labute approximate surface area is 219 Å². The molecule has 0 spiro atoms. The normalized spacial score (nSPS) is 13.7. The maximum atomic E-state index is 12.8. The number of nitriles is 1. The number of hydrogen-bond acceptors (Lipinski definition) is 9. The van der Waals surface area contributed by atoms with E-state index in [0.29, 0.717) is 25.9 Å². The quantitative estimate of drug-likeness (QED) is 0.283. The van der Waals surface area contributed by atoms with Crippen LogP contribution in [0.5, 0.6) is 5.88 Å². The van der Waals surface area contributed by atoms with E-state index in [4.69, 9.17) is 0 Å². The molecule has 1 aliphatic rings. The van der Waals surface area contributed by atoms with E-state index >= 15 is 0 Å². The van der Waals surface area contributed by atoms with E-state index in [2.05, 4.69) is 20.3 Å². The average molecular weight is 544 g/mol. The minimum Gasteiger partial charge on any atom is -0.493 e. The van der Waals surface area contributed by atoms with Crippen molar-refractivity contribution in [3.8, 4) is 11.9 Å². The van der Waals surface area contributed by atoms with Gasteiger partial charge in [0.25, 0.3) is 5.56 Å². The third-order valence-corrected chi connectivity index (χ3v) is 7.43. The van der Waals surface area contributed by atoms with Gasteiger partial charge in [0.05, 0.1) is 10.6 Å². The molecule has 0 radical (unpaired) electrons. The number of hydrogen-bond donors (Lipinski definition) is 3. The SMILES string of the molecule is CC(=O)NCCNS(=O)(=O)c1ccc(/N=N/c2c(C)c(C#N)c(=O)n(CCCN3CCCC3=O)c2O)cc1. The second kappa shape index (κ2) is 12.4. The zero-order valence-corrected chi connectivity index (χ0v) is 21.9. The number of nitrogens with zero attached hydrogens (tertiary/aromatic N) is 5. The van der Waals surface area contributed by atoms with E-state index in [0.717, 1.165) is 11.0 Å². The number of rotatable bonds is 11. The van der Waals surface area contributed by atoms with Crippen LogP contribution < -0.4 is 15.6 Å². The van der Waals surface area contributed by atoms with Crippen LogP contribution in [0, 0.1) is 18.3 Å². The molecule has 3 N–H and O–H groups in total. The first-order valence-corrected chi connectivity index (χ1v) is 13.4. The number of amides is 2. The van der Waals surface area contributed by atoms with Crippen molar-refractivity contribution in [1.29, 1.82) is 5.26 Å². The van der Waals surface area contributed by atoms with Gasteiger partial charge in [-0.15, -0.1) is 5.11 Å². The van der Waals surface area contributed by atoms with E-state index in [1.807, 2.05) is 6.07 Å². The molecule has 1 aromatic carbocycles. The second-order valence-electron chi connectivity index (χ2n) is 8.65. The predicted molar refractivity (Wildman–Crippen MR) is 137 cm³/mol. The Morgan fingerprint density at radius 3 is 2.47 bits per heavy atom. The molecule has 2 aromatic rings. The van der Waals surface area contributed by atoms with Gasteiger partial charge in [-0.2, -0.15) is 10.4 Å². The van der Waals surface area contributed by atoms with Gasteiger partial charge in [0, 0.05) is 51.6 Å². The Bertz CT molecular complexity index is 1440. The molecule has 13 nitrogen and oxygen atoms in total. The fourth-order valence-electron chi connectivity index (χ4n) is 3.93. The van der Waals surface area contributed by atoms with E-state index in [-0.39, 0.29) is 58.8 Å². The van der Waals surface area contributed by atoms with Crippen LogP contribution >= 0.6 is 0 Å². The molecule has 0 bridgehead atoms. The van der Waals surface area contributed by atoms with Crippen LogP contribution in [0.1, 0.15) is 37.3 Å². The number of sulfonamides is 1. The summed E-state index contributed by atoms with van der Waals surface area (Å²) in [6, 6.07) is 7.32. The number of aromatic hydroxyl groups is 1. The average Bonchev–Trinajstić information content (AvgIpc) is 3.28. The van der Waals surface area contributed by atoms with Crippen LogP contribution in [-0.2, 0) is 26.2 Å². The van der Waals surface area contributed by atoms with Crippen LogP contribution in [0.15, 0.2) is 44.2 Å². The van der Waals surface area contributed by atoms with E-state index < -0.39 is 21.5 Å². The zero-order valence-electron chi connectivity index (χ0n) is 21.1. The molecule has 0 saturated carbocycles. The molecule has 202 valence electrons. The maximum absolute atomic E-state index is 12.8. The Kier molecular flexibility index (Phi) is 9.32. The summed E-state index contributed by atoms with van der Waals surface area (Å²) < 4.78 is 28.2. The Balaban J connectivity index is 1.77. The first-order chi connectivity index (χ1) is 18.0. The number of benzene rings is 1. The number of carbonyl (C=O) groups excluding carboxylic acids is 2. The molecule has 0 atom stereocenters. The number of nitrogens with one attached hydrogen (secondary N) is 2. The highest BCUT2D eigenvalue weighted by molar-refractivity contribution is 7.89. The summed E-state index contributed by atoms with van der Waals surface area (Å²) >= 11 is 0. The van der Waals surface area contributed by atoms with Crippen LogP contribution in [0.25, 0.3) is 0 Å². The Morgan fingerprint density at radius 1 is 1.16 bits per heavy atom. The largest absolute Gasteiger partial charge is 0.493 e. The van der Waals surface area contributed by atoms with Gasteiger partial charge in [0.1, 0.15) is 11.6 Å². The van der Waals surface area contributed by atoms with Crippen LogP contribution in [0.3, 0.4) is 0 Å². The Hall–Kier alpha value is -4.09. The lowest BCUT2D eigenvalue weighted by atomic mass is 10.1. The van der Waals surface area contributed by atoms with Gasteiger partial charge in [0.2, 0.25) is 27.7 Å². The van der Waals surface area contributed by atoms with Gasteiger partial charge in [-0.3, -0.25) is 19.0 Å². The molecule has 1 fully saturated rings. The lowest BCUT2D eigenvalue weighted by Gasteiger charge is -2.17. The molecule has 1 aromatic heterocycles. The van der Waals surface area contributed by atoms with E-state index in [9.17, 15) is 33.2 Å². The first kappa shape index (κ1) is 28.5. The van der Waals surface area contributed by atoms with Crippen molar-refractivity contribution < 1.29 is 23.1 Å². The molecule has 0 aliphatic carbocycles. The van der Waals surface area contributed by atoms with Crippen molar-refractivity contribution >= 4 is 33.2 Å². The number of pyridine rings is 1. The Morgan fingerprint density at radius 2 is 1.87 bits per heavy atom. The molecular weight excluding hydrogens is 514 g/mol. The van der Waals surface area contributed by atoms with Crippen molar-refractivity contribution in [2.45, 2.75) is 44.6 Å². The standard InChI is InChI=1S/C24H29N7O6S/c1-16-20(15-25)23(34)31(14-4-13-30-12-3-5-21(30)33)24(35)22(16)29-28-18-6-8-19(9-7-18)38(36,37)27-11-10-26-17(2)32/h6-9,27,35H,3-5,10-14H2,1-2H3,(H,26,32)/b29-28+. The van der Waals surface area contributed by atoms with Crippen molar-refractivity contribution in [3.63, 3.8) is 0 Å². The summed E-state index contributed by atoms with van der Waals surface area (Å²) in [5.41, 5.74) is -0.470. The monoisotopic (exact) mass is 543 g/mol. The summed E-state index contributed by atoms with van der Waals surface area (Å²) in [6.45, 7) is 4.13. The number of carbonyl (C=O) groups is 2. The van der Waals surface area contributed by atoms with Crippen molar-refractivity contribution in [2.75, 3.05) is 26.2 Å². The van der Waals surface area contributed by atoms with Gasteiger partial charge in [-0.25, -0.2) is 13.1 Å². The number of azo groups is 1. The van der Waals surface area contributed by atoms with Crippen LogP contribution in [-0.4, -0.2) is 61.0 Å². The minimum atomic E-state index is -3.81. The van der Waals surface area contributed by atoms with Gasteiger partial charge in [-0.1, -0.05) is 0 Å². The van der Waals surface area contributed by atoms with E-state index in [1.165, 1.54) is 38.1 Å². The van der Waals surface area contributed by atoms with Gasteiger partial charge in [0.15, 0.2) is 5.69 Å². The molecule has 2 heterocycles. The second-order valence-corrected chi connectivity index (χ2v) is 10.4. The van der Waals surface area contributed by atoms with Crippen molar-refractivity contribution in [2.24, 2.45) is 10.2 Å².